The van der Waals surface area contributed by atoms with Gasteiger partial charge in [0.05, 0.1) is 36.9 Å². The molecule has 0 saturated carbocycles. The molecule has 0 aliphatic heterocycles. The third kappa shape index (κ3) is 6.83. The minimum Gasteiger partial charge on any atom is -0.277 e. The normalized spacial score (nSPS) is 11.6. The van der Waals surface area contributed by atoms with Crippen LogP contribution < -0.4 is 5.43 Å². The average Bonchev–Trinajstić information content (AvgIpc) is 3.36. The van der Waals surface area contributed by atoms with E-state index in [-0.39, 0.29) is 29.4 Å². The maximum Gasteiger partial charge on any atom is 0.283 e. The van der Waals surface area contributed by atoms with Gasteiger partial charge in [-0.1, -0.05) is 42.1 Å². The highest BCUT2D eigenvalue weighted by Crippen LogP contribution is 2.39. The number of sulfonamides is 1. The van der Waals surface area contributed by atoms with Crippen LogP contribution in [0.1, 0.15) is 5.56 Å². The molecule has 0 aliphatic carbocycles. The van der Waals surface area contributed by atoms with Crippen molar-refractivity contribution in [2.75, 3.05) is 18.5 Å². The Morgan fingerprint density at radius 2 is 1.76 bits per heavy atom. The van der Waals surface area contributed by atoms with Gasteiger partial charge in [-0.05, 0) is 24.3 Å². The summed E-state index contributed by atoms with van der Waals surface area (Å²) in [4.78, 5) is 26.5. The molecule has 15 heteroatoms. The van der Waals surface area contributed by atoms with Gasteiger partial charge in [-0.25, -0.2) is 13.4 Å². The first-order chi connectivity index (χ1) is 19.6. The lowest BCUT2D eigenvalue weighted by Crippen LogP contribution is -2.31. The zero-order valence-electron chi connectivity index (χ0n) is 21.2. The SMILES string of the molecule is C=CCN(CC=C)S(=O)(=O)c1cc([N+](=O)[O-])ccc1N/N=C\c1ccc(Sc2nc3ccccc3s2)c([N+](=O)[O-])c1. The summed E-state index contributed by atoms with van der Waals surface area (Å²) >= 11 is 2.61. The molecule has 12 nitrogen and oxygen atoms in total. The van der Waals surface area contributed by atoms with Crippen molar-refractivity contribution in [2.45, 2.75) is 14.1 Å². The van der Waals surface area contributed by atoms with Gasteiger partial charge in [0.1, 0.15) is 4.90 Å². The Bertz CT molecular complexity index is 1740. The number of anilines is 1. The summed E-state index contributed by atoms with van der Waals surface area (Å²) in [6.07, 6.45) is 4.05. The topological polar surface area (TPSA) is 161 Å². The fourth-order valence-corrected chi connectivity index (χ4v) is 7.29. The lowest BCUT2D eigenvalue weighted by Gasteiger charge is -2.20. The highest BCUT2D eigenvalue weighted by molar-refractivity contribution is 8.01. The van der Waals surface area contributed by atoms with E-state index in [2.05, 4.69) is 28.7 Å². The summed E-state index contributed by atoms with van der Waals surface area (Å²) in [6, 6.07) is 15.4. The summed E-state index contributed by atoms with van der Waals surface area (Å²) in [7, 11) is -4.22. The largest absolute Gasteiger partial charge is 0.283 e. The van der Waals surface area contributed by atoms with Crippen molar-refractivity contribution in [1.82, 2.24) is 9.29 Å². The molecule has 0 amide bonds. The van der Waals surface area contributed by atoms with Crippen LogP contribution in [0.25, 0.3) is 10.2 Å². The number of thiazole rings is 1. The number of nitro benzene ring substituents is 2. The Balaban J connectivity index is 1.61. The van der Waals surface area contributed by atoms with Crippen LogP contribution in [0.5, 0.6) is 0 Å². The van der Waals surface area contributed by atoms with Crippen LogP contribution in [0.2, 0.25) is 0 Å². The van der Waals surface area contributed by atoms with Crippen LogP contribution in [-0.2, 0) is 10.0 Å². The first-order valence-corrected chi connectivity index (χ1v) is 14.8. The second-order valence-corrected chi connectivity index (χ2v) is 12.5. The Morgan fingerprint density at radius 1 is 1.02 bits per heavy atom. The summed E-state index contributed by atoms with van der Waals surface area (Å²) < 4.78 is 29.4. The number of rotatable bonds is 13. The van der Waals surface area contributed by atoms with Crippen LogP contribution in [0.3, 0.4) is 0 Å². The number of nitrogens with one attached hydrogen (secondary N) is 1. The minimum atomic E-state index is -4.22. The molecule has 0 bridgehead atoms. The van der Waals surface area contributed by atoms with Gasteiger partial charge in [0, 0.05) is 36.9 Å². The number of nitrogens with zero attached hydrogens (tertiary/aromatic N) is 5. The fraction of sp³-hybridized carbons (Fsp3) is 0.0769. The molecule has 1 aromatic heterocycles. The molecule has 0 saturated heterocycles. The standard InChI is InChI=1S/C26H22N6O6S3/c1-3-13-30(14-4-2)41(37,38)25-16-19(31(33)34)10-11-21(25)29-27-17-18-9-12-24(22(15-18)32(35)36)40-26-28-20-7-5-6-8-23(20)39-26/h3-12,15-17,29H,1-2,13-14H2/b27-17-. The smallest absolute Gasteiger partial charge is 0.277 e. The van der Waals surface area contributed by atoms with Gasteiger partial charge in [0.2, 0.25) is 10.0 Å². The average molecular weight is 611 g/mol. The van der Waals surface area contributed by atoms with E-state index in [1.807, 2.05) is 24.3 Å². The van der Waals surface area contributed by atoms with Gasteiger partial charge >= 0.3 is 0 Å². The van der Waals surface area contributed by atoms with Crippen molar-refractivity contribution in [3.8, 4) is 0 Å². The fourth-order valence-electron chi connectivity index (χ4n) is 3.64. The minimum absolute atomic E-state index is 0.0255. The number of aromatic nitrogens is 1. The van der Waals surface area contributed by atoms with Crippen molar-refractivity contribution >= 4 is 66.6 Å². The highest BCUT2D eigenvalue weighted by Gasteiger charge is 2.28. The molecule has 0 atom stereocenters. The number of non-ortho nitro benzene ring substituents is 1. The predicted octanol–water partition coefficient (Wildman–Crippen LogP) is 6.07. The first kappa shape index (κ1) is 29.5. The number of hydrogen-bond acceptors (Lipinski definition) is 11. The molecule has 3 aromatic carbocycles. The summed E-state index contributed by atoms with van der Waals surface area (Å²) in [5.74, 6) is 0. The Kier molecular flexibility index (Phi) is 9.24. The molecule has 0 aliphatic rings. The van der Waals surface area contributed by atoms with Gasteiger partial charge in [-0.15, -0.1) is 24.5 Å². The van der Waals surface area contributed by atoms with Crippen LogP contribution in [0, 0.1) is 20.2 Å². The number of hydrazone groups is 1. The van der Waals surface area contributed by atoms with Crippen molar-refractivity contribution in [1.29, 1.82) is 0 Å². The molecule has 0 radical (unpaired) electrons. The number of para-hydroxylation sites is 1. The van der Waals surface area contributed by atoms with Gasteiger partial charge in [0.25, 0.3) is 11.4 Å². The predicted molar refractivity (Wildman–Crippen MR) is 160 cm³/mol. The number of fused-ring (bicyclic) bond motifs is 1. The Labute approximate surface area is 243 Å². The van der Waals surface area contributed by atoms with Crippen LogP contribution in [0.4, 0.5) is 17.1 Å². The summed E-state index contributed by atoms with van der Waals surface area (Å²) in [5.41, 5.74) is 3.17. The van der Waals surface area contributed by atoms with Gasteiger partial charge in [0.15, 0.2) is 4.34 Å². The molecule has 0 fully saturated rings. The molecule has 210 valence electrons. The first-order valence-electron chi connectivity index (χ1n) is 11.8. The molecule has 4 aromatic rings. The van der Waals surface area contributed by atoms with E-state index >= 15 is 0 Å². The maximum atomic E-state index is 13.3. The molecule has 1 N–H and O–H groups in total. The lowest BCUT2D eigenvalue weighted by atomic mass is 10.2. The Hall–Kier alpha value is -4.44. The highest BCUT2D eigenvalue weighted by atomic mass is 32.2. The van der Waals surface area contributed by atoms with Crippen molar-refractivity contribution < 1.29 is 18.3 Å². The number of hydrogen-bond donors (Lipinski definition) is 1. The molecule has 1 heterocycles. The van der Waals surface area contributed by atoms with Gasteiger partial charge < -0.3 is 0 Å². The van der Waals surface area contributed by atoms with Crippen molar-refractivity contribution in [3.63, 3.8) is 0 Å². The van der Waals surface area contributed by atoms with Crippen LogP contribution in [0.15, 0.2) is 105 Å². The van der Waals surface area contributed by atoms with Crippen molar-refractivity contribution in [2.24, 2.45) is 5.10 Å². The molecule has 0 unspecified atom stereocenters. The lowest BCUT2D eigenvalue weighted by molar-refractivity contribution is -0.387. The molecule has 41 heavy (non-hydrogen) atoms. The Morgan fingerprint density at radius 3 is 2.41 bits per heavy atom. The molecular formula is C26H22N6O6S3. The molecule has 4 rings (SSSR count). The van der Waals surface area contributed by atoms with E-state index in [0.717, 1.165) is 26.7 Å². The summed E-state index contributed by atoms with van der Waals surface area (Å²) in [6.45, 7) is 7.02. The van der Waals surface area contributed by atoms with E-state index in [0.29, 0.717) is 14.8 Å². The van der Waals surface area contributed by atoms with Gasteiger partial charge in [-0.3, -0.25) is 25.7 Å². The zero-order valence-corrected chi connectivity index (χ0v) is 23.7. The van der Waals surface area contributed by atoms with Gasteiger partial charge in [-0.2, -0.15) is 9.41 Å². The third-order valence-electron chi connectivity index (χ3n) is 5.51. The molecule has 0 spiro atoms. The monoisotopic (exact) mass is 610 g/mol. The van der Waals surface area contributed by atoms with Crippen molar-refractivity contribution in [3.05, 3.63) is 112 Å². The number of benzene rings is 3. The van der Waals surface area contributed by atoms with Crippen LogP contribution in [-0.4, -0.2) is 46.9 Å². The zero-order chi connectivity index (χ0) is 29.6. The summed E-state index contributed by atoms with van der Waals surface area (Å²) in [5, 5.41) is 27.2. The van der Waals surface area contributed by atoms with E-state index in [1.165, 1.54) is 53.6 Å². The number of nitro groups is 2. The quantitative estimate of drug-likeness (QED) is 0.0819. The second kappa shape index (κ2) is 12.8. The van der Waals surface area contributed by atoms with E-state index in [9.17, 15) is 28.6 Å². The van der Waals surface area contributed by atoms with Crippen LogP contribution >= 0.6 is 23.1 Å². The van der Waals surface area contributed by atoms with E-state index in [1.54, 1.807) is 12.1 Å². The third-order valence-corrected chi connectivity index (χ3v) is 9.54. The van der Waals surface area contributed by atoms with E-state index < -0.39 is 25.6 Å². The van der Waals surface area contributed by atoms with E-state index in [4.69, 9.17) is 0 Å². The molecular weight excluding hydrogens is 589 g/mol. The second-order valence-electron chi connectivity index (χ2n) is 8.24. The maximum absolute atomic E-state index is 13.3.